The molecule has 9 heteroatoms. The van der Waals surface area contributed by atoms with Gasteiger partial charge in [-0.1, -0.05) is 11.6 Å². The molecule has 2 aromatic rings. The molecule has 7 nitrogen and oxygen atoms in total. The van der Waals surface area contributed by atoms with Crippen molar-refractivity contribution in [1.29, 1.82) is 0 Å². The molecule has 0 bridgehead atoms. The molecule has 0 unspecified atom stereocenters. The first-order chi connectivity index (χ1) is 12.3. The lowest BCUT2D eigenvalue weighted by Gasteiger charge is -2.33. The van der Waals surface area contributed by atoms with Gasteiger partial charge in [0.25, 0.3) is 5.91 Å². The summed E-state index contributed by atoms with van der Waals surface area (Å²) in [5, 5.41) is 3.29. The summed E-state index contributed by atoms with van der Waals surface area (Å²) < 4.78 is 0.884. The van der Waals surface area contributed by atoms with Crippen molar-refractivity contribution in [3.8, 4) is 0 Å². The number of aryl methyl sites for hydroxylation is 1. The van der Waals surface area contributed by atoms with Crippen LogP contribution in [0, 0.1) is 6.92 Å². The maximum atomic E-state index is 12.3. The van der Waals surface area contributed by atoms with Crippen molar-refractivity contribution in [3.05, 3.63) is 44.8 Å². The zero-order valence-electron chi connectivity index (χ0n) is 14.2. The van der Waals surface area contributed by atoms with Gasteiger partial charge in [-0.25, -0.2) is 4.98 Å². The van der Waals surface area contributed by atoms with Crippen LogP contribution in [0.2, 0.25) is 5.15 Å². The van der Waals surface area contributed by atoms with Crippen molar-refractivity contribution in [2.75, 3.05) is 18.0 Å². The van der Waals surface area contributed by atoms with Crippen LogP contribution in [-0.2, 0) is 0 Å². The monoisotopic (exact) mass is 439 g/mol. The van der Waals surface area contributed by atoms with Crippen LogP contribution >= 0.6 is 27.5 Å². The Balaban J connectivity index is 1.61. The summed E-state index contributed by atoms with van der Waals surface area (Å²) in [6.45, 7) is 3.30. The minimum absolute atomic E-state index is 0.0796. The van der Waals surface area contributed by atoms with Crippen LogP contribution in [0.4, 0.5) is 5.82 Å². The highest BCUT2D eigenvalue weighted by molar-refractivity contribution is 9.10. The average Bonchev–Trinajstić information content (AvgIpc) is 2.94. The molecule has 1 fully saturated rings. The van der Waals surface area contributed by atoms with Gasteiger partial charge in [0.2, 0.25) is 5.91 Å². The van der Waals surface area contributed by atoms with E-state index < -0.39 is 5.91 Å². The number of hydrogen-bond acceptors (Lipinski definition) is 4. The molecule has 0 aromatic carbocycles. The highest BCUT2D eigenvalue weighted by Crippen LogP contribution is 2.22. The van der Waals surface area contributed by atoms with Gasteiger partial charge in [-0.2, -0.15) is 0 Å². The molecule has 3 rings (SSSR count). The summed E-state index contributed by atoms with van der Waals surface area (Å²) in [5.74, 6) is -0.0285. The number of halogens is 2. The van der Waals surface area contributed by atoms with E-state index in [2.05, 4.69) is 31.2 Å². The van der Waals surface area contributed by atoms with Crippen LogP contribution in [0.1, 0.15) is 39.4 Å². The van der Waals surface area contributed by atoms with E-state index in [4.69, 9.17) is 17.3 Å². The number of primary amides is 1. The molecule has 0 saturated carbocycles. The standard InChI is InChI=1S/C17H19BrClN5O2/c1-9-12(18)8-13(21-9)17(26)22-11-2-4-24(5-3-11)15-7-10(16(20)25)6-14(19)23-15/h6-8,11,21H,2-5H2,1H3,(H2,20,25)(H,22,26). The molecule has 0 spiro atoms. The zero-order chi connectivity index (χ0) is 18.8. The van der Waals surface area contributed by atoms with Gasteiger partial charge in [0.1, 0.15) is 16.7 Å². The molecule has 1 aliphatic rings. The van der Waals surface area contributed by atoms with Crippen LogP contribution < -0.4 is 16.0 Å². The number of nitrogens with one attached hydrogen (secondary N) is 2. The normalized spacial score (nSPS) is 15.1. The number of rotatable bonds is 4. The van der Waals surface area contributed by atoms with Crippen LogP contribution in [0.5, 0.6) is 0 Å². The molecule has 3 heterocycles. The Kier molecular flexibility index (Phi) is 5.52. The molecule has 1 aliphatic heterocycles. The first-order valence-electron chi connectivity index (χ1n) is 8.22. The molecule has 138 valence electrons. The number of carbonyl (C=O) groups is 2. The Hall–Kier alpha value is -2.06. The van der Waals surface area contributed by atoms with Crippen molar-refractivity contribution in [3.63, 3.8) is 0 Å². The highest BCUT2D eigenvalue weighted by atomic mass is 79.9. The zero-order valence-corrected chi connectivity index (χ0v) is 16.5. The minimum Gasteiger partial charge on any atom is -0.366 e. The van der Waals surface area contributed by atoms with Crippen LogP contribution in [0.3, 0.4) is 0 Å². The van der Waals surface area contributed by atoms with Crippen molar-refractivity contribution in [2.45, 2.75) is 25.8 Å². The third-order valence-corrected chi connectivity index (χ3v) is 5.43. The van der Waals surface area contributed by atoms with Crippen LogP contribution in [-0.4, -0.2) is 40.9 Å². The minimum atomic E-state index is -0.537. The number of nitrogens with zero attached hydrogens (tertiary/aromatic N) is 2. The third-order valence-electron chi connectivity index (χ3n) is 4.42. The van der Waals surface area contributed by atoms with Gasteiger partial charge in [-0.15, -0.1) is 0 Å². The number of H-pyrrole nitrogens is 1. The van der Waals surface area contributed by atoms with Crippen LogP contribution in [0.15, 0.2) is 22.7 Å². The Morgan fingerprint density at radius 3 is 2.62 bits per heavy atom. The molecule has 0 atom stereocenters. The number of anilines is 1. The van der Waals surface area contributed by atoms with E-state index in [1.54, 1.807) is 12.1 Å². The molecular weight excluding hydrogens is 422 g/mol. The number of aromatic amines is 1. The summed E-state index contributed by atoms with van der Waals surface area (Å²) in [6.07, 6.45) is 1.54. The van der Waals surface area contributed by atoms with Gasteiger partial charge >= 0.3 is 0 Å². The number of hydrogen-bond donors (Lipinski definition) is 3. The molecule has 0 aliphatic carbocycles. The smallest absolute Gasteiger partial charge is 0.267 e. The molecular formula is C17H19BrClN5O2. The van der Waals surface area contributed by atoms with E-state index in [1.807, 2.05) is 11.8 Å². The number of amides is 2. The molecule has 2 amide bonds. The van der Waals surface area contributed by atoms with Gasteiger partial charge < -0.3 is 20.9 Å². The second kappa shape index (κ2) is 7.67. The third kappa shape index (κ3) is 4.19. The molecule has 0 radical (unpaired) electrons. The van der Waals surface area contributed by atoms with Gasteiger partial charge in [0.15, 0.2) is 0 Å². The van der Waals surface area contributed by atoms with Gasteiger partial charge in [-0.05, 0) is 53.9 Å². The summed E-state index contributed by atoms with van der Waals surface area (Å²) in [7, 11) is 0. The van der Waals surface area contributed by atoms with Crippen molar-refractivity contribution >= 4 is 45.2 Å². The predicted octanol–water partition coefficient (Wildman–Crippen LogP) is 2.63. The Morgan fingerprint density at radius 2 is 2.04 bits per heavy atom. The lowest BCUT2D eigenvalue weighted by atomic mass is 10.0. The summed E-state index contributed by atoms with van der Waals surface area (Å²) in [5.41, 5.74) is 7.12. The fourth-order valence-corrected chi connectivity index (χ4v) is 3.49. The molecule has 1 saturated heterocycles. The van der Waals surface area contributed by atoms with E-state index in [1.165, 1.54) is 6.07 Å². The van der Waals surface area contributed by atoms with Crippen molar-refractivity contribution in [2.24, 2.45) is 5.73 Å². The maximum Gasteiger partial charge on any atom is 0.267 e. The number of pyridine rings is 1. The van der Waals surface area contributed by atoms with E-state index in [-0.39, 0.29) is 17.1 Å². The lowest BCUT2D eigenvalue weighted by molar-refractivity contribution is 0.0925. The second-order valence-corrected chi connectivity index (χ2v) is 7.53. The number of nitrogens with two attached hydrogens (primary N) is 1. The maximum absolute atomic E-state index is 12.3. The van der Waals surface area contributed by atoms with E-state index in [0.717, 1.165) is 23.0 Å². The summed E-state index contributed by atoms with van der Waals surface area (Å²) >= 11 is 9.38. The Labute approximate surface area is 164 Å². The second-order valence-electron chi connectivity index (χ2n) is 6.29. The van der Waals surface area contributed by atoms with Gasteiger partial charge in [0, 0.05) is 34.9 Å². The topological polar surface area (TPSA) is 104 Å². The van der Waals surface area contributed by atoms with E-state index >= 15 is 0 Å². The SMILES string of the molecule is Cc1[nH]c(C(=O)NC2CCN(c3cc(C(N)=O)cc(Cl)n3)CC2)cc1Br. The fourth-order valence-electron chi connectivity index (χ4n) is 2.96. The lowest BCUT2D eigenvalue weighted by Crippen LogP contribution is -2.45. The highest BCUT2D eigenvalue weighted by Gasteiger charge is 2.23. The Bertz CT molecular complexity index is 826. The van der Waals surface area contributed by atoms with E-state index in [0.29, 0.717) is 30.2 Å². The predicted molar refractivity (Wildman–Crippen MR) is 104 cm³/mol. The quantitative estimate of drug-likeness (QED) is 0.636. The molecule has 2 aromatic heterocycles. The Morgan fingerprint density at radius 1 is 1.35 bits per heavy atom. The molecule has 4 N–H and O–H groups in total. The number of carbonyl (C=O) groups excluding carboxylic acids is 2. The fraction of sp³-hybridized carbons (Fsp3) is 0.353. The summed E-state index contributed by atoms with van der Waals surface area (Å²) in [4.78, 5) is 33.1. The number of piperidine rings is 1. The van der Waals surface area contributed by atoms with Crippen molar-refractivity contribution in [1.82, 2.24) is 15.3 Å². The summed E-state index contributed by atoms with van der Waals surface area (Å²) in [6, 6.07) is 4.96. The van der Waals surface area contributed by atoms with Crippen molar-refractivity contribution < 1.29 is 9.59 Å². The first-order valence-corrected chi connectivity index (χ1v) is 9.39. The largest absolute Gasteiger partial charge is 0.366 e. The van der Waals surface area contributed by atoms with Gasteiger partial charge in [0.05, 0.1) is 0 Å². The van der Waals surface area contributed by atoms with Crippen LogP contribution in [0.25, 0.3) is 0 Å². The first kappa shape index (κ1) is 18.7. The van der Waals surface area contributed by atoms with Gasteiger partial charge in [-0.3, -0.25) is 9.59 Å². The van der Waals surface area contributed by atoms with E-state index in [9.17, 15) is 9.59 Å². The average molecular weight is 441 g/mol. The molecule has 26 heavy (non-hydrogen) atoms. The number of aromatic nitrogens is 2.